The predicted molar refractivity (Wildman–Crippen MR) is 66.7 cm³/mol. The van der Waals surface area contributed by atoms with Crippen molar-refractivity contribution >= 4 is 28.9 Å². The number of rotatable bonds is 4. The van der Waals surface area contributed by atoms with Crippen LogP contribution < -0.4 is 4.52 Å². The molecule has 0 saturated carbocycles. The Morgan fingerprint density at radius 2 is 2.06 bits per heavy atom. The second-order valence-corrected chi connectivity index (χ2v) is 5.40. The molecule has 0 radical (unpaired) electrons. The fourth-order valence-electron chi connectivity index (χ4n) is 1.75. The second kappa shape index (κ2) is 5.01. The highest BCUT2D eigenvalue weighted by Gasteiger charge is 2.13. The summed E-state index contributed by atoms with van der Waals surface area (Å²) in [6.45, 7) is 4.34. The van der Waals surface area contributed by atoms with Gasteiger partial charge in [-0.25, -0.2) is 0 Å². The highest BCUT2D eigenvalue weighted by atomic mass is 32.2. The molecule has 0 atom stereocenters. The normalized spacial score (nSPS) is 11.1. The van der Waals surface area contributed by atoms with Gasteiger partial charge in [0.05, 0.1) is 0 Å². The van der Waals surface area contributed by atoms with Crippen LogP contribution in [0.15, 0.2) is 10.4 Å². The van der Waals surface area contributed by atoms with Gasteiger partial charge < -0.3 is 12.6 Å². The van der Waals surface area contributed by atoms with E-state index in [-0.39, 0.29) is 0 Å². The van der Waals surface area contributed by atoms with Crippen molar-refractivity contribution in [1.82, 2.24) is 10.1 Å². The molecule has 0 unspecified atom stereocenters. The molecule has 0 bridgehead atoms. The van der Waals surface area contributed by atoms with Crippen LogP contribution in [-0.2, 0) is 25.5 Å². The van der Waals surface area contributed by atoms with Crippen molar-refractivity contribution < 1.29 is 4.52 Å². The first-order valence-corrected chi connectivity index (χ1v) is 6.85. The van der Waals surface area contributed by atoms with Gasteiger partial charge in [0.1, 0.15) is 5.69 Å². The lowest BCUT2D eigenvalue weighted by molar-refractivity contribution is -0.590. The zero-order chi connectivity index (χ0) is 11.5. The summed E-state index contributed by atoms with van der Waals surface area (Å²) in [6.07, 6.45) is 4.28. The van der Waals surface area contributed by atoms with Crippen molar-refractivity contribution in [1.29, 1.82) is 0 Å². The van der Waals surface area contributed by atoms with Crippen LogP contribution in [0.1, 0.15) is 38.1 Å². The number of hydrogen-bond donors (Lipinski definition) is 0. The molecule has 0 aliphatic carbocycles. The second-order valence-electron chi connectivity index (χ2n) is 3.80. The van der Waals surface area contributed by atoms with Crippen LogP contribution >= 0.6 is 11.3 Å². The minimum Gasteiger partial charge on any atom is -0.404 e. The van der Waals surface area contributed by atoms with Crippen LogP contribution in [0.25, 0.3) is 4.96 Å². The van der Waals surface area contributed by atoms with Crippen molar-refractivity contribution in [3.05, 3.63) is 17.5 Å². The van der Waals surface area contributed by atoms with E-state index in [4.69, 9.17) is 12.6 Å². The van der Waals surface area contributed by atoms with Crippen LogP contribution in [0.5, 0.6) is 0 Å². The average Bonchev–Trinajstić information content (AvgIpc) is 2.60. The Hall–Kier alpha value is -0.810. The topological polar surface area (TPSA) is 29.9 Å². The third kappa shape index (κ3) is 2.30. The first kappa shape index (κ1) is 11.7. The fraction of sp³-hybridized carbons (Fsp3) is 0.545. The maximum atomic E-state index is 5.11. The molecule has 0 fully saturated rings. The summed E-state index contributed by atoms with van der Waals surface area (Å²) in [5.74, 6) is 0. The van der Waals surface area contributed by atoms with E-state index in [0.29, 0.717) is 4.34 Å². The van der Waals surface area contributed by atoms with E-state index in [0.717, 1.165) is 36.3 Å². The van der Waals surface area contributed by atoms with Crippen molar-refractivity contribution in [2.45, 2.75) is 43.9 Å². The molecule has 0 amide bonds. The van der Waals surface area contributed by atoms with Crippen LogP contribution in [-0.4, -0.2) is 10.1 Å². The van der Waals surface area contributed by atoms with Crippen LogP contribution in [0.3, 0.4) is 0 Å². The van der Waals surface area contributed by atoms with E-state index in [1.807, 2.05) is 4.52 Å². The first-order valence-electron chi connectivity index (χ1n) is 5.63. The number of hydrogen-bond acceptors (Lipinski definition) is 4. The summed E-state index contributed by atoms with van der Waals surface area (Å²) in [5, 5.41) is 4.32. The molecular weight excluding hydrogens is 238 g/mol. The Morgan fingerprint density at radius 3 is 2.75 bits per heavy atom. The molecular formula is C11H15N3S2. The zero-order valence-corrected chi connectivity index (χ0v) is 11.2. The molecule has 5 heteroatoms. The van der Waals surface area contributed by atoms with Crippen molar-refractivity contribution in [3.8, 4) is 0 Å². The number of nitrogens with zero attached hydrogens (tertiary/aromatic N) is 3. The highest BCUT2D eigenvalue weighted by molar-refractivity contribution is 7.62. The largest absolute Gasteiger partial charge is 0.404 e. The smallest absolute Gasteiger partial charge is 0.315 e. The molecule has 0 aliphatic heterocycles. The summed E-state index contributed by atoms with van der Waals surface area (Å²) in [6, 6.07) is 2.16. The number of aryl methyl sites for hydroxylation is 2. The van der Waals surface area contributed by atoms with Gasteiger partial charge >= 0.3 is 4.96 Å². The predicted octanol–water partition coefficient (Wildman–Crippen LogP) is 2.09. The van der Waals surface area contributed by atoms with Gasteiger partial charge in [-0.2, -0.15) is 0 Å². The summed E-state index contributed by atoms with van der Waals surface area (Å²) in [5.41, 5.74) is 2.38. The SMILES string of the molecule is CCCc1cc(CCC)[n+]2nc([S-])sc2n1. The van der Waals surface area contributed by atoms with Gasteiger partial charge in [0, 0.05) is 23.2 Å². The molecule has 2 aromatic heterocycles. The maximum Gasteiger partial charge on any atom is 0.315 e. The van der Waals surface area contributed by atoms with Gasteiger partial charge in [-0.3, -0.25) is 11.3 Å². The monoisotopic (exact) mass is 253 g/mol. The molecule has 16 heavy (non-hydrogen) atoms. The van der Waals surface area contributed by atoms with Crippen molar-refractivity contribution in [2.75, 3.05) is 0 Å². The maximum absolute atomic E-state index is 5.11. The molecule has 0 aromatic carbocycles. The summed E-state index contributed by atoms with van der Waals surface area (Å²) >= 11 is 6.60. The fourth-order valence-corrected chi connectivity index (χ4v) is 2.74. The molecule has 2 heterocycles. The van der Waals surface area contributed by atoms with Crippen molar-refractivity contribution in [2.24, 2.45) is 0 Å². The lowest BCUT2D eigenvalue weighted by Crippen LogP contribution is -2.30. The summed E-state index contributed by atoms with van der Waals surface area (Å²) < 4.78 is 2.56. The third-order valence-corrected chi connectivity index (χ3v) is 3.43. The molecule has 0 saturated heterocycles. The Kier molecular flexibility index (Phi) is 3.66. The highest BCUT2D eigenvalue weighted by Crippen LogP contribution is 2.11. The van der Waals surface area contributed by atoms with Gasteiger partial charge in [-0.05, 0) is 12.8 Å². The Bertz CT molecular complexity index is 493. The minimum absolute atomic E-state index is 0.665. The number of aromatic nitrogens is 3. The number of fused-ring (bicyclic) bond motifs is 1. The van der Waals surface area contributed by atoms with Crippen molar-refractivity contribution in [3.63, 3.8) is 0 Å². The molecule has 0 spiro atoms. The molecule has 0 aliphatic rings. The first-order chi connectivity index (χ1) is 7.74. The standard InChI is InChI=1S/C11H15N3S2/c1-3-5-8-7-9(6-4-2)14-10(12-8)16-11(15)13-14/h7H,3-6H2,1-2H3. The van der Waals surface area contributed by atoms with E-state index >= 15 is 0 Å². The van der Waals surface area contributed by atoms with E-state index in [1.165, 1.54) is 17.0 Å². The van der Waals surface area contributed by atoms with Gasteiger partial charge in [-0.15, -0.1) is 4.52 Å². The summed E-state index contributed by atoms with van der Waals surface area (Å²) in [4.78, 5) is 5.51. The zero-order valence-electron chi connectivity index (χ0n) is 9.56. The molecule has 2 rings (SSSR count). The van der Waals surface area contributed by atoms with Gasteiger partial charge in [0.25, 0.3) is 0 Å². The molecule has 3 nitrogen and oxygen atoms in total. The average molecular weight is 253 g/mol. The molecule has 86 valence electrons. The Labute approximate surface area is 105 Å². The minimum atomic E-state index is 0.665. The molecule has 0 N–H and O–H groups in total. The van der Waals surface area contributed by atoms with E-state index < -0.39 is 0 Å². The van der Waals surface area contributed by atoms with Gasteiger partial charge in [-0.1, -0.05) is 23.9 Å². The lowest BCUT2D eigenvalue weighted by atomic mass is 10.2. The van der Waals surface area contributed by atoms with Gasteiger partial charge in [0.2, 0.25) is 0 Å². The summed E-state index contributed by atoms with van der Waals surface area (Å²) in [7, 11) is 0. The van der Waals surface area contributed by atoms with Crippen LogP contribution in [0.4, 0.5) is 0 Å². The van der Waals surface area contributed by atoms with Gasteiger partial charge in [0.15, 0.2) is 5.69 Å². The van der Waals surface area contributed by atoms with E-state index in [2.05, 4.69) is 30.0 Å². The third-order valence-electron chi connectivity index (χ3n) is 2.40. The van der Waals surface area contributed by atoms with Crippen LogP contribution in [0.2, 0.25) is 0 Å². The van der Waals surface area contributed by atoms with Crippen LogP contribution in [0, 0.1) is 0 Å². The van der Waals surface area contributed by atoms with E-state index in [9.17, 15) is 0 Å². The Morgan fingerprint density at radius 1 is 1.31 bits per heavy atom. The van der Waals surface area contributed by atoms with E-state index in [1.54, 1.807) is 0 Å². The lowest BCUT2D eigenvalue weighted by Gasteiger charge is -1.98. The Balaban J connectivity index is 2.53. The molecule has 2 aromatic rings. The quantitative estimate of drug-likeness (QED) is 0.617.